The van der Waals surface area contributed by atoms with E-state index in [0.29, 0.717) is 16.9 Å². The average Bonchev–Trinajstić information content (AvgIpc) is 2.97. The van der Waals surface area contributed by atoms with Crippen molar-refractivity contribution < 1.29 is 13.6 Å². The minimum atomic E-state index is -0.386. The van der Waals surface area contributed by atoms with Crippen LogP contribution >= 0.6 is 0 Å². The number of benzene rings is 2. The van der Waals surface area contributed by atoms with Crippen molar-refractivity contribution in [2.24, 2.45) is 0 Å². The molecule has 0 saturated carbocycles. The largest absolute Gasteiger partial charge is 0.436 e. The van der Waals surface area contributed by atoms with Gasteiger partial charge in [0, 0.05) is 11.1 Å². The fraction of sp³-hybridized carbons (Fsp3) is 0.0588. The second-order valence-electron chi connectivity index (χ2n) is 4.65. The molecule has 104 valence electrons. The molecule has 0 amide bonds. The first-order valence-corrected chi connectivity index (χ1v) is 6.47. The Bertz CT molecular complexity index is 808. The summed E-state index contributed by atoms with van der Waals surface area (Å²) in [6, 6.07) is 13.4. The van der Waals surface area contributed by atoms with Crippen LogP contribution in [0.2, 0.25) is 0 Å². The summed E-state index contributed by atoms with van der Waals surface area (Å²) in [6.07, 6.45) is 1.53. The van der Waals surface area contributed by atoms with Crippen molar-refractivity contribution in [1.82, 2.24) is 4.98 Å². The molecule has 0 bridgehead atoms. The van der Waals surface area contributed by atoms with Crippen molar-refractivity contribution in [2.75, 3.05) is 0 Å². The van der Waals surface area contributed by atoms with Gasteiger partial charge in [0.2, 0.25) is 5.89 Å². The summed E-state index contributed by atoms with van der Waals surface area (Å²) < 4.78 is 19.3. The van der Waals surface area contributed by atoms with Crippen LogP contribution in [0.15, 0.2) is 59.1 Å². The van der Waals surface area contributed by atoms with Gasteiger partial charge in [0.05, 0.1) is 11.8 Å². The number of hydrogen-bond donors (Lipinski definition) is 0. The van der Waals surface area contributed by atoms with Gasteiger partial charge in [-0.1, -0.05) is 30.3 Å². The molecule has 0 saturated heterocycles. The lowest BCUT2D eigenvalue weighted by molar-refractivity contribution is 0.101. The molecule has 1 aromatic heterocycles. The normalized spacial score (nSPS) is 10.6. The summed E-state index contributed by atoms with van der Waals surface area (Å²) in [4.78, 5) is 15.5. The number of carbonyl (C=O) groups excluding carboxylic acids is 1. The number of rotatable bonds is 3. The highest BCUT2D eigenvalue weighted by molar-refractivity contribution is 5.95. The number of oxazole rings is 1. The van der Waals surface area contributed by atoms with E-state index in [9.17, 15) is 9.18 Å². The van der Waals surface area contributed by atoms with Crippen LogP contribution in [0, 0.1) is 5.82 Å². The molecule has 0 N–H and O–H groups in total. The Hall–Kier alpha value is -2.75. The van der Waals surface area contributed by atoms with Crippen molar-refractivity contribution in [3.8, 4) is 22.8 Å². The maximum Gasteiger partial charge on any atom is 0.229 e. The first kappa shape index (κ1) is 13.2. The van der Waals surface area contributed by atoms with E-state index in [1.807, 2.05) is 6.07 Å². The Balaban J connectivity index is 2.01. The van der Waals surface area contributed by atoms with Crippen LogP contribution in [-0.4, -0.2) is 10.8 Å². The smallest absolute Gasteiger partial charge is 0.229 e. The first-order chi connectivity index (χ1) is 10.1. The van der Waals surface area contributed by atoms with Gasteiger partial charge in [-0.05, 0) is 25.1 Å². The van der Waals surface area contributed by atoms with Gasteiger partial charge in [-0.3, -0.25) is 4.79 Å². The fourth-order valence-corrected chi connectivity index (χ4v) is 2.06. The Labute approximate surface area is 121 Å². The zero-order valence-corrected chi connectivity index (χ0v) is 11.3. The maximum absolute atomic E-state index is 13.7. The Kier molecular flexibility index (Phi) is 3.36. The number of carbonyl (C=O) groups is 1. The summed E-state index contributed by atoms with van der Waals surface area (Å²) in [5.41, 5.74) is 1.64. The van der Waals surface area contributed by atoms with Crippen LogP contribution in [-0.2, 0) is 0 Å². The third-order valence-corrected chi connectivity index (χ3v) is 3.16. The number of hydrogen-bond acceptors (Lipinski definition) is 3. The van der Waals surface area contributed by atoms with Crippen molar-refractivity contribution in [1.29, 1.82) is 0 Å². The SMILES string of the molecule is CC(=O)c1cccc(-c2cnc(-c3ccccc3F)o2)c1. The Morgan fingerprint density at radius 1 is 1.14 bits per heavy atom. The van der Waals surface area contributed by atoms with Gasteiger partial charge in [-0.15, -0.1) is 0 Å². The molecule has 0 unspecified atom stereocenters. The van der Waals surface area contributed by atoms with Gasteiger partial charge < -0.3 is 4.42 Å². The standard InChI is InChI=1S/C17H12FNO2/c1-11(20)12-5-4-6-13(9-12)16-10-19-17(21-16)14-7-2-3-8-15(14)18/h2-10H,1H3. The summed E-state index contributed by atoms with van der Waals surface area (Å²) in [5, 5.41) is 0. The number of aromatic nitrogens is 1. The van der Waals surface area contributed by atoms with E-state index in [1.54, 1.807) is 36.4 Å². The van der Waals surface area contributed by atoms with Crippen molar-refractivity contribution in [3.63, 3.8) is 0 Å². The lowest BCUT2D eigenvalue weighted by atomic mass is 10.1. The van der Waals surface area contributed by atoms with E-state index >= 15 is 0 Å². The molecule has 0 radical (unpaired) electrons. The van der Waals surface area contributed by atoms with Gasteiger partial charge in [0.1, 0.15) is 5.82 Å². The highest BCUT2D eigenvalue weighted by Gasteiger charge is 2.12. The van der Waals surface area contributed by atoms with Gasteiger partial charge >= 0.3 is 0 Å². The molecular weight excluding hydrogens is 269 g/mol. The molecule has 4 heteroatoms. The predicted molar refractivity (Wildman–Crippen MR) is 77.3 cm³/mol. The average molecular weight is 281 g/mol. The van der Waals surface area contributed by atoms with E-state index < -0.39 is 0 Å². The van der Waals surface area contributed by atoms with E-state index in [2.05, 4.69) is 4.98 Å². The van der Waals surface area contributed by atoms with Gasteiger partial charge in [-0.25, -0.2) is 9.37 Å². The molecule has 0 aliphatic rings. The first-order valence-electron chi connectivity index (χ1n) is 6.47. The summed E-state index contributed by atoms with van der Waals surface area (Å²) in [7, 11) is 0. The number of ketones is 1. The molecule has 1 heterocycles. The second-order valence-corrected chi connectivity index (χ2v) is 4.65. The van der Waals surface area contributed by atoms with Gasteiger partial charge in [-0.2, -0.15) is 0 Å². The third kappa shape index (κ3) is 2.60. The van der Waals surface area contributed by atoms with E-state index in [4.69, 9.17) is 4.42 Å². The number of Topliss-reactive ketones (excluding diaryl/α,β-unsaturated/α-hetero) is 1. The maximum atomic E-state index is 13.7. The van der Waals surface area contributed by atoms with E-state index in [0.717, 1.165) is 5.56 Å². The molecule has 3 aromatic rings. The molecule has 0 spiro atoms. The van der Waals surface area contributed by atoms with Crippen LogP contribution in [0.3, 0.4) is 0 Å². The third-order valence-electron chi connectivity index (χ3n) is 3.16. The van der Waals surface area contributed by atoms with Crippen molar-refractivity contribution in [2.45, 2.75) is 6.92 Å². The highest BCUT2D eigenvalue weighted by Crippen LogP contribution is 2.27. The summed E-state index contributed by atoms with van der Waals surface area (Å²) in [6.45, 7) is 1.50. The van der Waals surface area contributed by atoms with Crippen LogP contribution in [0.1, 0.15) is 17.3 Å². The van der Waals surface area contributed by atoms with Crippen molar-refractivity contribution in [3.05, 3.63) is 66.1 Å². The predicted octanol–water partition coefficient (Wildman–Crippen LogP) is 4.35. The summed E-state index contributed by atoms with van der Waals surface area (Å²) in [5.74, 6) is 0.307. The molecule has 0 atom stereocenters. The van der Waals surface area contributed by atoms with Crippen LogP contribution in [0.4, 0.5) is 4.39 Å². The van der Waals surface area contributed by atoms with E-state index in [-0.39, 0.29) is 17.5 Å². The second kappa shape index (κ2) is 5.32. The lowest BCUT2D eigenvalue weighted by Crippen LogP contribution is -1.91. The van der Waals surface area contributed by atoms with Crippen LogP contribution in [0.5, 0.6) is 0 Å². The Morgan fingerprint density at radius 3 is 2.71 bits per heavy atom. The van der Waals surface area contributed by atoms with E-state index in [1.165, 1.54) is 19.2 Å². The molecule has 21 heavy (non-hydrogen) atoms. The minimum Gasteiger partial charge on any atom is -0.436 e. The topological polar surface area (TPSA) is 43.1 Å². The van der Waals surface area contributed by atoms with Crippen LogP contribution in [0.25, 0.3) is 22.8 Å². The lowest BCUT2D eigenvalue weighted by Gasteiger charge is -2.00. The molecule has 0 aliphatic carbocycles. The van der Waals surface area contributed by atoms with Crippen LogP contribution < -0.4 is 0 Å². The zero-order chi connectivity index (χ0) is 14.8. The number of nitrogens with zero attached hydrogens (tertiary/aromatic N) is 1. The van der Waals surface area contributed by atoms with Gasteiger partial charge in [0.15, 0.2) is 11.5 Å². The minimum absolute atomic E-state index is 0.0225. The molecule has 0 fully saturated rings. The zero-order valence-electron chi connectivity index (χ0n) is 11.3. The van der Waals surface area contributed by atoms with Crippen molar-refractivity contribution >= 4 is 5.78 Å². The highest BCUT2D eigenvalue weighted by atomic mass is 19.1. The molecule has 0 aliphatic heterocycles. The van der Waals surface area contributed by atoms with Gasteiger partial charge in [0.25, 0.3) is 0 Å². The Morgan fingerprint density at radius 2 is 1.95 bits per heavy atom. The quantitative estimate of drug-likeness (QED) is 0.670. The molecule has 2 aromatic carbocycles. The monoisotopic (exact) mass is 281 g/mol. The molecule has 3 nitrogen and oxygen atoms in total. The molecular formula is C17H12FNO2. The number of halogens is 1. The molecule has 3 rings (SSSR count). The summed E-state index contributed by atoms with van der Waals surface area (Å²) >= 11 is 0. The fourth-order valence-electron chi connectivity index (χ4n) is 2.06.